The molecule has 0 saturated heterocycles. The van der Waals surface area contributed by atoms with Gasteiger partial charge < -0.3 is 10.1 Å². The van der Waals surface area contributed by atoms with Crippen molar-refractivity contribution >= 4 is 23.2 Å². The first-order valence-corrected chi connectivity index (χ1v) is 7.01. The number of aryl methyl sites for hydroxylation is 1. The van der Waals surface area contributed by atoms with Gasteiger partial charge in [0.1, 0.15) is 5.75 Å². The average Bonchev–Trinajstić information content (AvgIpc) is 2.83. The lowest BCUT2D eigenvalue weighted by atomic mass is 10.0. The van der Waals surface area contributed by atoms with Crippen molar-refractivity contribution in [2.24, 2.45) is 0 Å². The van der Waals surface area contributed by atoms with Gasteiger partial charge in [0, 0.05) is 17.2 Å². The quantitative estimate of drug-likeness (QED) is 0.869. The summed E-state index contributed by atoms with van der Waals surface area (Å²) in [5, 5.41) is 2.88. The van der Waals surface area contributed by atoms with E-state index >= 15 is 0 Å². The van der Waals surface area contributed by atoms with Gasteiger partial charge in [0.2, 0.25) is 0 Å². The lowest BCUT2D eigenvalue weighted by molar-refractivity contribution is -0.110. The first-order chi connectivity index (χ1) is 10.2. The molecule has 0 spiro atoms. The molecule has 1 N–H and O–H groups in total. The predicted molar refractivity (Wildman–Crippen MR) is 85.3 cm³/mol. The third kappa shape index (κ3) is 2.55. The van der Waals surface area contributed by atoms with Crippen LogP contribution < -0.4 is 10.1 Å². The molecule has 0 atom stereocenters. The van der Waals surface area contributed by atoms with Gasteiger partial charge in [0.25, 0.3) is 5.91 Å². The maximum Gasteiger partial charge on any atom is 0.256 e. The van der Waals surface area contributed by atoms with Crippen LogP contribution in [0.5, 0.6) is 5.75 Å². The highest BCUT2D eigenvalue weighted by atomic mass is 16.5. The van der Waals surface area contributed by atoms with Crippen molar-refractivity contribution < 1.29 is 9.53 Å². The highest BCUT2D eigenvalue weighted by Crippen LogP contribution is 2.35. The molecular weight excluding hydrogens is 262 g/mol. The van der Waals surface area contributed by atoms with E-state index in [0.29, 0.717) is 5.57 Å². The minimum Gasteiger partial charge on any atom is -0.497 e. The molecular formula is C18H17NO2. The van der Waals surface area contributed by atoms with Crippen molar-refractivity contribution in [3.63, 3.8) is 0 Å². The minimum absolute atomic E-state index is 0.0715. The number of carbonyl (C=O) groups is 1. The maximum absolute atomic E-state index is 12.1. The first-order valence-electron chi connectivity index (χ1n) is 7.01. The molecule has 106 valence electrons. The Morgan fingerprint density at radius 2 is 1.90 bits per heavy atom. The average molecular weight is 279 g/mol. The van der Waals surface area contributed by atoms with Gasteiger partial charge in [-0.1, -0.05) is 31.2 Å². The van der Waals surface area contributed by atoms with Crippen LogP contribution in [0.3, 0.4) is 0 Å². The van der Waals surface area contributed by atoms with E-state index in [1.165, 1.54) is 5.56 Å². The van der Waals surface area contributed by atoms with Crippen LogP contribution in [-0.4, -0.2) is 13.0 Å². The number of benzene rings is 2. The third-order valence-electron chi connectivity index (χ3n) is 3.71. The largest absolute Gasteiger partial charge is 0.497 e. The second-order valence-corrected chi connectivity index (χ2v) is 5.02. The number of hydrogen-bond acceptors (Lipinski definition) is 2. The molecule has 1 amide bonds. The van der Waals surface area contributed by atoms with E-state index in [-0.39, 0.29) is 5.91 Å². The fraction of sp³-hybridized carbons (Fsp3) is 0.167. The molecule has 0 aliphatic carbocycles. The summed E-state index contributed by atoms with van der Waals surface area (Å²) in [4.78, 5) is 12.1. The highest BCUT2D eigenvalue weighted by Gasteiger charge is 2.24. The molecule has 2 aromatic carbocycles. The lowest BCUT2D eigenvalue weighted by Crippen LogP contribution is -2.03. The number of hydrogen-bond donors (Lipinski definition) is 1. The van der Waals surface area contributed by atoms with Crippen molar-refractivity contribution in [3.05, 3.63) is 59.2 Å². The summed E-state index contributed by atoms with van der Waals surface area (Å²) in [7, 11) is 1.62. The van der Waals surface area contributed by atoms with Crippen molar-refractivity contribution in [1.82, 2.24) is 0 Å². The van der Waals surface area contributed by atoms with E-state index < -0.39 is 0 Å². The van der Waals surface area contributed by atoms with Crippen molar-refractivity contribution in [2.75, 3.05) is 12.4 Å². The van der Waals surface area contributed by atoms with Crippen LogP contribution in [0.15, 0.2) is 42.5 Å². The molecule has 2 aromatic rings. The minimum atomic E-state index is -0.0715. The van der Waals surface area contributed by atoms with Crippen molar-refractivity contribution in [3.8, 4) is 5.75 Å². The molecule has 3 heteroatoms. The number of ether oxygens (including phenoxy) is 1. The van der Waals surface area contributed by atoms with Gasteiger partial charge in [-0.15, -0.1) is 0 Å². The van der Waals surface area contributed by atoms with E-state index in [0.717, 1.165) is 29.0 Å². The second-order valence-electron chi connectivity index (χ2n) is 5.02. The molecule has 1 heterocycles. The van der Waals surface area contributed by atoms with Crippen molar-refractivity contribution in [2.45, 2.75) is 13.3 Å². The SMILES string of the molecule is CCc1ccc(/C=C2\C(=O)Nc3cc(OC)ccc32)cc1. The Bertz CT molecular complexity index is 714. The first kappa shape index (κ1) is 13.4. The molecule has 0 unspecified atom stereocenters. The number of amides is 1. The van der Waals surface area contributed by atoms with Crippen LogP contribution in [0.4, 0.5) is 5.69 Å². The number of carbonyl (C=O) groups excluding carboxylic acids is 1. The van der Waals surface area contributed by atoms with E-state index in [2.05, 4.69) is 24.4 Å². The molecule has 21 heavy (non-hydrogen) atoms. The Hall–Kier alpha value is -2.55. The lowest BCUT2D eigenvalue weighted by Gasteiger charge is -2.03. The number of methoxy groups -OCH3 is 1. The number of rotatable bonds is 3. The second kappa shape index (κ2) is 5.44. The fourth-order valence-electron chi connectivity index (χ4n) is 2.46. The monoisotopic (exact) mass is 279 g/mol. The van der Waals surface area contributed by atoms with Crippen molar-refractivity contribution in [1.29, 1.82) is 0 Å². The van der Waals surface area contributed by atoms with E-state index in [4.69, 9.17) is 4.74 Å². The Morgan fingerprint density at radius 3 is 2.57 bits per heavy atom. The Morgan fingerprint density at radius 1 is 1.14 bits per heavy atom. The van der Waals surface area contributed by atoms with E-state index in [1.54, 1.807) is 7.11 Å². The van der Waals surface area contributed by atoms with Gasteiger partial charge in [-0.2, -0.15) is 0 Å². The zero-order valence-corrected chi connectivity index (χ0v) is 12.1. The Balaban J connectivity index is 1.99. The molecule has 0 fully saturated rings. The number of nitrogens with one attached hydrogen (secondary N) is 1. The molecule has 0 bridgehead atoms. The summed E-state index contributed by atoms with van der Waals surface area (Å²) >= 11 is 0. The van der Waals surface area contributed by atoms with Crippen LogP contribution in [-0.2, 0) is 11.2 Å². The van der Waals surface area contributed by atoms with E-state index in [9.17, 15) is 4.79 Å². The Labute approximate surface area is 124 Å². The number of fused-ring (bicyclic) bond motifs is 1. The van der Waals surface area contributed by atoms with Crippen LogP contribution in [0.25, 0.3) is 11.6 Å². The molecule has 3 rings (SSSR count). The van der Waals surface area contributed by atoms with E-state index in [1.807, 2.05) is 36.4 Å². The zero-order valence-electron chi connectivity index (χ0n) is 12.1. The van der Waals surface area contributed by atoms with Gasteiger partial charge in [-0.3, -0.25) is 4.79 Å². The summed E-state index contributed by atoms with van der Waals surface area (Å²) in [6.45, 7) is 2.13. The zero-order chi connectivity index (χ0) is 14.8. The summed E-state index contributed by atoms with van der Waals surface area (Å²) < 4.78 is 5.18. The predicted octanol–water partition coefficient (Wildman–Crippen LogP) is 3.75. The van der Waals surface area contributed by atoms with Gasteiger partial charge >= 0.3 is 0 Å². The van der Waals surface area contributed by atoms with Crippen LogP contribution in [0, 0.1) is 0 Å². The molecule has 1 aliphatic heterocycles. The normalized spacial score (nSPS) is 15.0. The van der Waals surface area contributed by atoms with Gasteiger partial charge in [-0.05, 0) is 35.8 Å². The molecule has 1 aliphatic rings. The summed E-state index contributed by atoms with van der Waals surface area (Å²) in [6, 6.07) is 13.9. The van der Waals surface area contributed by atoms with Crippen LogP contribution in [0.2, 0.25) is 0 Å². The maximum atomic E-state index is 12.1. The standard InChI is InChI=1S/C18H17NO2/c1-3-12-4-6-13(7-5-12)10-16-15-9-8-14(21-2)11-17(15)19-18(16)20/h4-11H,3H2,1-2H3,(H,19,20)/b16-10-. The highest BCUT2D eigenvalue weighted by molar-refractivity contribution is 6.35. The summed E-state index contributed by atoms with van der Waals surface area (Å²) in [5.41, 5.74) is 4.73. The third-order valence-corrected chi connectivity index (χ3v) is 3.71. The molecule has 0 aromatic heterocycles. The summed E-state index contributed by atoms with van der Waals surface area (Å²) in [5.74, 6) is 0.667. The van der Waals surface area contributed by atoms with Crippen LogP contribution >= 0.6 is 0 Å². The smallest absolute Gasteiger partial charge is 0.256 e. The topological polar surface area (TPSA) is 38.3 Å². The molecule has 0 saturated carbocycles. The van der Waals surface area contributed by atoms with Gasteiger partial charge in [-0.25, -0.2) is 0 Å². The number of anilines is 1. The molecule has 0 radical (unpaired) electrons. The van der Waals surface area contributed by atoms with Crippen LogP contribution in [0.1, 0.15) is 23.6 Å². The van der Waals surface area contributed by atoms with Gasteiger partial charge in [0.05, 0.1) is 12.8 Å². The molecule has 3 nitrogen and oxygen atoms in total. The summed E-state index contributed by atoms with van der Waals surface area (Å²) in [6.07, 6.45) is 2.94. The fourth-order valence-corrected chi connectivity index (χ4v) is 2.46. The van der Waals surface area contributed by atoms with Gasteiger partial charge in [0.15, 0.2) is 0 Å². The Kier molecular flexibility index (Phi) is 3.48.